The summed E-state index contributed by atoms with van der Waals surface area (Å²) in [6.45, 7) is 6.77. The summed E-state index contributed by atoms with van der Waals surface area (Å²) in [5.41, 5.74) is 0.455. The fourth-order valence-electron chi connectivity index (χ4n) is 3.41. The molecule has 1 heteroatoms. The average Bonchev–Trinajstić information content (AvgIpc) is 2.15. The fraction of sp³-hybridized carbons (Fsp3) is 0.909. The van der Waals surface area contributed by atoms with Crippen LogP contribution in [0.15, 0.2) is 0 Å². The maximum atomic E-state index is 11.8. The van der Waals surface area contributed by atoms with Crippen LogP contribution in [0.1, 0.15) is 46.5 Å². The molecule has 0 aliphatic heterocycles. The van der Waals surface area contributed by atoms with Crippen LogP contribution in [0, 0.1) is 16.7 Å². The third kappa shape index (κ3) is 1.02. The molecule has 0 N–H and O–H groups in total. The van der Waals surface area contributed by atoms with E-state index in [4.69, 9.17) is 0 Å². The Morgan fingerprint density at radius 3 is 2.58 bits per heavy atom. The van der Waals surface area contributed by atoms with Crippen molar-refractivity contribution in [2.45, 2.75) is 46.5 Å². The molecule has 2 rings (SSSR count). The second-order valence-electron chi connectivity index (χ2n) is 5.71. The summed E-state index contributed by atoms with van der Waals surface area (Å²) < 4.78 is 0. The van der Waals surface area contributed by atoms with E-state index in [0.717, 1.165) is 25.7 Å². The zero-order valence-corrected chi connectivity index (χ0v) is 8.31. The lowest BCUT2D eigenvalue weighted by Crippen LogP contribution is -2.38. The Kier molecular flexibility index (Phi) is 1.47. The molecule has 12 heavy (non-hydrogen) atoms. The number of hydrogen-bond acceptors (Lipinski definition) is 1. The van der Waals surface area contributed by atoms with Crippen molar-refractivity contribution in [3.05, 3.63) is 0 Å². The van der Waals surface area contributed by atoms with E-state index in [-0.39, 0.29) is 5.41 Å². The maximum Gasteiger partial charge on any atom is 0.141 e. The van der Waals surface area contributed by atoms with Crippen LogP contribution in [0.5, 0.6) is 0 Å². The van der Waals surface area contributed by atoms with Crippen molar-refractivity contribution in [2.75, 3.05) is 0 Å². The van der Waals surface area contributed by atoms with E-state index in [1.54, 1.807) is 0 Å². The van der Waals surface area contributed by atoms with Crippen molar-refractivity contribution in [1.29, 1.82) is 0 Å². The van der Waals surface area contributed by atoms with Crippen LogP contribution in [-0.4, -0.2) is 5.78 Å². The summed E-state index contributed by atoms with van der Waals surface area (Å²) in [5.74, 6) is 0.959. The van der Waals surface area contributed by atoms with Gasteiger partial charge < -0.3 is 0 Å². The molecule has 2 aliphatic rings. The van der Waals surface area contributed by atoms with Crippen molar-refractivity contribution in [3.8, 4) is 0 Å². The lowest BCUT2D eigenvalue weighted by molar-refractivity contribution is -0.134. The lowest BCUT2D eigenvalue weighted by atomic mass is 9.64. The van der Waals surface area contributed by atoms with Crippen molar-refractivity contribution in [1.82, 2.24) is 0 Å². The Morgan fingerprint density at radius 2 is 2.00 bits per heavy atom. The van der Waals surface area contributed by atoms with E-state index in [2.05, 4.69) is 20.8 Å². The van der Waals surface area contributed by atoms with E-state index >= 15 is 0 Å². The minimum atomic E-state index is 0.0480. The van der Waals surface area contributed by atoms with Gasteiger partial charge in [-0.2, -0.15) is 0 Å². The van der Waals surface area contributed by atoms with Crippen LogP contribution in [-0.2, 0) is 4.79 Å². The molecule has 0 aromatic rings. The third-order valence-corrected chi connectivity index (χ3v) is 3.68. The van der Waals surface area contributed by atoms with Crippen molar-refractivity contribution in [3.63, 3.8) is 0 Å². The second kappa shape index (κ2) is 2.12. The van der Waals surface area contributed by atoms with Gasteiger partial charge in [-0.15, -0.1) is 0 Å². The highest BCUT2D eigenvalue weighted by atomic mass is 16.1. The molecule has 2 saturated carbocycles. The van der Waals surface area contributed by atoms with Gasteiger partial charge in [0.05, 0.1) is 0 Å². The van der Waals surface area contributed by atoms with Gasteiger partial charge in [0.15, 0.2) is 0 Å². The Morgan fingerprint density at radius 1 is 1.33 bits per heavy atom. The van der Waals surface area contributed by atoms with Gasteiger partial charge in [0, 0.05) is 11.3 Å². The summed E-state index contributed by atoms with van der Waals surface area (Å²) in [5, 5.41) is 0. The summed E-state index contributed by atoms with van der Waals surface area (Å²) in [6.07, 6.45) is 4.52. The molecule has 0 radical (unpaired) electrons. The monoisotopic (exact) mass is 166 g/mol. The second-order valence-corrected chi connectivity index (χ2v) is 5.71. The van der Waals surface area contributed by atoms with Gasteiger partial charge in [-0.1, -0.05) is 20.8 Å². The molecule has 2 aliphatic carbocycles. The highest BCUT2D eigenvalue weighted by Gasteiger charge is 2.52. The minimum Gasteiger partial charge on any atom is -0.299 e. The van der Waals surface area contributed by atoms with Crippen LogP contribution < -0.4 is 0 Å². The fourth-order valence-corrected chi connectivity index (χ4v) is 3.41. The molecule has 68 valence electrons. The van der Waals surface area contributed by atoms with Crippen molar-refractivity contribution in [2.24, 2.45) is 16.7 Å². The van der Waals surface area contributed by atoms with E-state index in [1.807, 2.05) is 0 Å². The number of ketones is 1. The molecular formula is C11H18O. The highest BCUT2D eigenvalue weighted by Crippen LogP contribution is 2.54. The van der Waals surface area contributed by atoms with Gasteiger partial charge in [0.2, 0.25) is 0 Å². The lowest BCUT2D eigenvalue weighted by Gasteiger charge is -2.39. The van der Waals surface area contributed by atoms with Gasteiger partial charge in [0.1, 0.15) is 5.78 Å². The summed E-state index contributed by atoms with van der Waals surface area (Å²) >= 11 is 0. The van der Waals surface area contributed by atoms with E-state index in [0.29, 0.717) is 17.1 Å². The number of hydrogen-bond donors (Lipinski definition) is 0. The van der Waals surface area contributed by atoms with Crippen molar-refractivity contribution < 1.29 is 4.79 Å². The third-order valence-electron chi connectivity index (χ3n) is 3.68. The number of Topliss-reactive ketones (excluding diaryl/α,β-unsaturated/α-hetero) is 1. The number of carbonyl (C=O) groups is 1. The topological polar surface area (TPSA) is 17.1 Å². The Hall–Kier alpha value is -0.330. The largest absolute Gasteiger partial charge is 0.299 e. The molecule has 2 fully saturated rings. The first kappa shape index (κ1) is 8.28. The molecule has 1 nitrogen and oxygen atoms in total. The van der Waals surface area contributed by atoms with Crippen LogP contribution >= 0.6 is 0 Å². The van der Waals surface area contributed by atoms with Gasteiger partial charge in [-0.3, -0.25) is 4.79 Å². The van der Waals surface area contributed by atoms with Crippen LogP contribution in [0.4, 0.5) is 0 Å². The normalized spacial score (nSPS) is 44.9. The maximum absolute atomic E-state index is 11.8. The molecule has 0 amide bonds. The smallest absolute Gasteiger partial charge is 0.141 e. The minimum absolute atomic E-state index is 0.0480. The molecule has 0 saturated heterocycles. The molecule has 0 heterocycles. The van der Waals surface area contributed by atoms with Crippen molar-refractivity contribution >= 4 is 5.78 Å². The highest BCUT2D eigenvalue weighted by molar-refractivity contribution is 5.89. The first-order chi connectivity index (χ1) is 5.43. The van der Waals surface area contributed by atoms with Gasteiger partial charge in [-0.05, 0) is 31.1 Å². The SMILES string of the molecule is CC1(C)CC2CCC(C)(C1)C2=O. The summed E-state index contributed by atoms with van der Waals surface area (Å²) in [4.78, 5) is 11.8. The molecule has 0 spiro atoms. The quantitative estimate of drug-likeness (QED) is 0.541. The summed E-state index contributed by atoms with van der Waals surface area (Å²) in [7, 11) is 0. The summed E-state index contributed by atoms with van der Waals surface area (Å²) in [6, 6.07) is 0. The molecule has 0 aromatic heterocycles. The van der Waals surface area contributed by atoms with E-state index in [9.17, 15) is 4.79 Å². The Bertz CT molecular complexity index is 229. The average molecular weight is 166 g/mol. The van der Waals surface area contributed by atoms with E-state index in [1.165, 1.54) is 0 Å². The van der Waals surface area contributed by atoms with Crippen LogP contribution in [0.2, 0.25) is 0 Å². The Labute approximate surface area is 74.5 Å². The number of rotatable bonds is 0. The zero-order valence-electron chi connectivity index (χ0n) is 8.31. The predicted octanol–water partition coefficient (Wildman–Crippen LogP) is 2.79. The van der Waals surface area contributed by atoms with Crippen LogP contribution in [0.25, 0.3) is 0 Å². The first-order valence-corrected chi connectivity index (χ1v) is 4.97. The molecular weight excluding hydrogens is 148 g/mol. The van der Waals surface area contributed by atoms with Crippen LogP contribution in [0.3, 0.4) is 0 Å². The zero-order chi connectivity index (χ0) is 8.98. The van der Waals surface area contributed by atoms with E-state index < -0.39 is 0 Å². The number of fused-ring (bicyclic) bond motifs is 2. The molecule has 2 bridgehead atoms. The van der Waals surface area contributed by atoms with Gasteiger partial charge in [-0.25, -0.2) is 0 Å². The van der Waals surface area contributed by atoms with Gasteiger partial charge >= 0.3 is 0 Å². The number of carbonyl (C=O) groups excluding carboxylic acids is 1. The molecule has 0 aromatic carbocycles. The molecule has 2 atom stereocenters. The van der Waals surface area contributed by atoms with Gasteiger partial charge in [0.25, 0.3) is 0 Å². The molecule has 2 unspecified atom stereocenters. The predicted molar refractivity (Wildman–Crippen MR) is 48.9 cm³/mol. The Balaban J connectivity index is 2.31. The standard InChI is InChI=1S/C11H18O/c1-10(2)6-8-4-5-11(3,7-10)9(8)12/h8H,4-7H2,1-3H3. The first-order valence-electron chi connectivity index (χ1n) is 4.97.